The molecule has 1 heterocycles. The average molecular weight is 240 g/mol. The minimum Gasteiger partial charge on any atom is -0.448 e. The fraction of sp³-hybridized carbons (Fsp3) is 0.500. The molecule has 0 fully saturated rings. The highest BCUT2D eigenvalue weighted by molar-refractivity contribution is 5.64. The normalized spacial score (nSPS) is 9.94. The first-order valence-electron chi connectivity index (χ1n) is 5.36. The third-order valence-corrected chi connectivity index (χ3v) is 2.02. The molecule has 0 aliphatic heterocycles. The molecule has 0 unspecified atom stereocenters. The summed E-state index contributed by atoms with van der Waals surface area (Å²) in [6.45, 7) is 3.02. The van der Waals surface area contributed by atoms with Crippen LogP contribution in [0.4, 0.5) is 10.6 Å². The molecular weight excluding hydrogens is 224 g/mol. The third kappa shape index (κ3) is 4.13. The molecule has 0 aliphatic rings. The number of hydrogen-bond donors (Lipinski definition) is 2. The smallest absolute Gasteiger partial charge is 0.404 e. The lowest BCUT2D eigenvalue weighted by Crippen LogP contribution is -2.26. The second kappa shape index (κ2) is 6.51. The Hall–Kier alpha value is -2.05. The van der Waals surface area contributed by atoms with Crippen LogP contribution in [0, 0.1) is 0 Å². The van der Waals surface area contributed by atoms with Crippen molar-refractivity contribution >= 4 is 11.9 Å². The molecule has 94 valence electrons. The van der Waals surface area contributed by atoms with E-state index in [2.05, 4.69) is 15.0 Å². The van der Waals surface area contributed by atoms with Gasteiger partial charge in [0.15, 0.2) is 5.82 Å². The zero-order valence-corrected chi connectivity index (χ0v) is 9.68. The molecule has 17 heavy (non-hydrogen) atoms. The number of ether oxygens (including phenoxy) is 1. The SMILES string of the molecule is CCCn1ccnc(NCCOC(N)=O)c1=O. The molecule has 0 radical (unpaired) electrons. The predicted octanol–water partition coefficient (Wildman–Crippen LogP) is 0.160. The van der Waals surface area contributed by atoms with Crippen LogP contribution >= 0.6 is 0 Å². The second-order valence-corrected chi connectivity index (χ2v) is 3.37. The molecule has 0 spiro atoms. The molecule has 1 aromatic rings. The average Bonchev–Trinajstić information content (AvgIpc) is 2.29. The maximum Gasteiger partial charge on any atom is 0.404 e. The Morgan fingerprint density at radius 1 is 1.65 bits per heavy atom. The quantitative estimate of drug-likeness (QED) is 0.690. The zero-order chi connectivity index (χ0) is 12.7. The van der Waals surface area contributed by atoms with Gasteiger partial charge in [-0.15, -0.1) is 0 Å². The van der Waals surface area contributed by atoms with Gasteiger partial charge in [0.25, 0.3) is 5.56 Å². The van der Waals surface area contributed by atoms with Crippen molar-refractivity contribution in [1.82, 2.24) is 9.55 Å². The summed E-state index contributed by atoms with van der Waals surface area (Å²) in [5.74, 6) is 0.244. The Bertz CT molecular complexity index is 430. The number of anilines is 1. The number of amides is 1. The van der Waals surface area contributed by atoms with Crippen LogP contribution in [0.3, 0.4) is 0 Å². The topological polar surface area (TPSA) is 99.2 Å². The van der Waals surface area contributed by atoms with Crippen molar-refractivity contribution in [3.8, 4) is 0 Å². The van der Waals surface area contributed by atoms with E-state index in [4.69, 9.17) is 5.73 Å². The monoisotopic (exact) mass is 240 g/mol. The molecule has 0 saturated carbocycles. The summed E-state index contributed by atoms with van der Waals surface area (Å²) in [5, 5.41) is 2.79. The molecular formula is C10H16N4O3. The summed E-state index contributed by atoms with van der Waals surface area (Å²) >= 11 is 0. The fourth-order valence-corrected chi connectivity index (χ4v) is 1.31. The summed E-state index contributed by atoms with van der Waals surface area (Å²) in [6.07, 6.45) is 3.22. The number of nitrogens with two attached hydrogens (primary N) is 1. The molecule has 7 nitrogen and oxygen atoms in total. The third-order valence-electron chi connectivity index (χ3n) is 2.02. The largest absolute Gasteiger partial charge is 0.448 e. The van der Waals surface area contributed by atoms with Crippen molar-refractivity contribution in [2.75, 3.05) is 18.5 Å². The lowest BCUT2D eigenvalue weighted by molar-refractivity contribution is 0.161. The Kier molecular flexibility index (Phi) is 4.99. The van der Waals surface area contributed by atoms with E-state index >= 15 is 0 Å². The number of carbonyl (C=O) groups is 1. The van der Waals surface area contributed by atoms with Crippen LogP contribution in [0.5, 0.6) is 0 Å². The van der Waals surface area contributed by atoms with Crippen molar-refractivity contribution in [2.24, 2.45) is 5.73 Å². The Morgan fingerprint density at radius 3 is 3.06 bits per heavy atom. The maximum absolute atomic E-state index is 11.8. The van der Waals surface area contributed by atoms with Gasteiger partial charge < -0.3 is 20.4 Å². The first-order valence-corrected chi connectivity index (χ1v) is 5.36. The van der Waals surface area contributed by atoms with E-state index in [0.717, 1.165) is 6.42 Å². The summed E-state index contributed by atoms with van der Waals surface area (Å²) in [7, 11) is 0. The first kappa shape index (κ1) is 13.0. The molecule has 1 amide bonds. The number of rotatable bonds is 6. The van der Waals surface area contributed by atoms with Crippen molar-refractivity contribution in [3.63, 3.8) is 0 Å². The van der Waals surface area contributed by atoms with Crippen molar-refractivity contribution < 1.29 is 9.53 Å². The van der Waals surface area contributed by atoms with E-state index in [1.54, 1.807) is 17.0 Å². The standard InChI is InChI=1S/C10H16N4O3/c1-2-5-14-6-3-12-8(9(14)15)13-4-7-17-10(11)16/h3,6H,2,4-5,7H2,1H3,(H2,11,16)(H,12,13). The van der Waals surface area contributed by atoms with Gasteiger partial charge in [-0.2, -0.15) is 0 Å². The van der Waals surface area contributed by atoms with E-state index in [1.807, 2.05) is 6.92 Å². The highest BCUT2D eigenvalue weighted by atomic mass is 16.5. The summed E-state index contributed by atoms with van der Waals surface area (Å²) < 4.78 is 6.09. The second-order valence-electron chi connectivity index (χ2n) is 3.37. The Balaban J connectivity index is 2.56. The summed E-state index contributed by atoms with van der Waals surface area (Å²) in [6, 6.07) is 0. The van der Waals surface area contributed by atoms with Gasteiger partial charge in [0.1, 0.15) is 6.61 Å². The van der Waals surface area contributed by atoms with Crippen LogP contribution in [-0.2, 0) is 11.3 Å². The number of nitrogens with one attached hydrogen (secondary N) is 1. The number of nitrogens with zero attached hydrogens (tertiary/aromatic N) is 2. The first-order chi connectivity index (χ1) is 8.15. The minimum atomic E-state index is -0.837. The number of aromatic nitrogens is 2. The molecule has 0 atom stereocenters. The number of hydrogen-bond acceptors (Lipinski definition) is 5. The van der Waals surface area contributed by atoms with Gasteiger partial charge in [0.05, 0.1) is 6.54 Å². The van der Waals surface area contributed by atoms with Gasteiger partial charge in [-0.25, -0.2) is 9.78 Å². The summed E-state index contributed by atoms with van der Waals surface area (Å²) in [5.41, 5.74) is 4.61. The molecule has 3 N–H and O–H groups in total. The molecule has 1 rings (SSSR count). The highest BCUT2D eigenvalue weighted by Gasteiger charge is 2.03. The van der Waals surface area contributed by atoms with Gasteiger partial charge in [-0.05, 0) is 6.42 Å². The lowest BCUT2D eigenvalue weighted by atomic mass is 10.4. The van der Waals surface area contributed by atoms with Crippen LogP contribution in [0.2, 0.25) is 0 Å². The van der Waals surface area contributed by atoms with Crippen LogP contribution in [0.25, 0.3) is 0 Å². The predicted molar refractivity (Wildman–Crippen MR) is 62.8 cm³/mol. The van der Waals surface area contributed by atoms with Crippen LogP contribution in [0.15, 0.2) is 17.2 Å². The molecule has 0 bridgehead atoms. The van der Waals surface area contributed by atoms with Crippen molar-refractivity contribution in [3.05, 3.63) is 22.7 Å². The maximum atomic E-state index is 11.8. The van der Waals surface area contributed by atoms with E-state index < -0.39 is 6.09 Å². The van der Waals surface area contributed by atoms with E-state index in [1.165, 1.54) is 0 Å². The van der Waals surface area contributed by atoms with Crippen LogP contribution in [0.1, 0.15) is 13.3 Å². The Morgan fingerprint density at radius 2 is 2.41 bits per heavy atom. The van der Waals surface area contributed by atoms with Crippen LogP contribution < -0.4 is 16.6 Å². The van der Waals surface area contributed by atoms with Crippen molar-refractivity contribution in [2.45, 2.75) is 19.9 Å². The van der Waals surface area contributed by atoms with Gasteiger partial charge in [0.2, 0.25) is 0 Å². The highest BCUT2D eigenvalue weighted by Crippen LogP contribution is 1.93. The fourth-order valence-electron chi connectivity index (χ4n) is 1.31. The van der Waals surface area contributed by atoms with Gasteiger partial charge >= 0.3 is 6.09 Å². The number of primary amides is 1. The molecule has 0 aromatic carbocycles. The molecule has 0 aliphatic carbocycles. The number of aryl methyl sites for hydroxylation is 1. The minimum absolute atomic E-state index is 0.0964. The van der Waals surface area contributed by atoms with E-state index in [0.29, 0.717) is 13.1 Å². The summed E-state index contributed by atoms with van der Waals surface area (Å²) in [4.78, 5) is 26.0. The zero-order valence-electron chi connectivity index (χ0n) is 9.68. The van der Waals surface area contributed by atoms with Gasteiger partial charge in [0, 0.05) is 18.9 Å². The molecule has 0 saturated heterocycles. The van der Waals surface area contributed by atoms with Crippen molar-refractivity contribution in [1.29, 1.82) is 0 Å². The molecule has 7 heteroatoms. The number of carbonyl (C=O) groups excluding carboxylic acids is 1. The van der Waals surface area contributed by atoms with E-state index in [-0.39, 0.29) is 18.0 Å². The van der Waals surface area contributed by atoms with Crippen LogP contribution in [-0.4, -0.2) is 28.8 Å². The van der Waals surface area contributed by atoms with E-state index in [9.17, 15) is 9.59 Å². The van der Waals surface area contributed by atoms with Gasteiger partial charge in [-0.3, -0.25) is 4.79 Å². The Labute approximate surface area is 98.6 Å². The molecule has 1 aromatic heterocycles. The van der Waals surface area contributed by atoms with Gasteiger partial charge in [-0.1, -0.05) is 6.92 Å². The lowest BCUT2D eigenvalue weighted by Gasteiger charge is -2.07.